The van der Waals surface area contributed by atoms with Crippen LogP contribution in [0.3, 0.4) is 0 Å². The highest BCUT2D eigenvalue weighted by molar-refractivity contribution is 7.13. The van der Waals surface area contributed by atoms with Crippen LogP contribution in [0.25, 0.3) is 10.4 Å². The van der Waals surface area contributed by atoms with Gasteiger partial charge in [-0.1, -0.05) is 6.92 Å². The molecule has 72 valence electrons. The van der Waals surface area contributed by atoms with Gasteiger partial charge in [-0.3, -0.25) is 0 Å². The molecule has 1 N–H and O–H groups in total. The maximum absolute atomic E-state index is 9.16. The Morgan fingerprint density at radius 1 is 1.21 bits per heavy atom. The standard InChI is InChI=1S/C12H12OS/c1-2-9-7-12(14-8-9)10-3-5-11(13)6-4-10/h3-8,13H,2H2,1H3. The van der Waals surface area contributed by atoms with E-state index < -0.39 is 0 Å². The Hall–Kier alpha value is -1.28. The first-order valence-corrected chi connectivity index (χ1v) is 5.54. The van der Waals surface area contributed by atoms with Gasteiger partial charge in [0, 0.05) is 4.88 Å². The fourth-order valence-electron chi connectivity index (χ4n) is 1.34. The van der Waals surface area contributed by atoms with E-state index in [1.54, 1.807) is 23.5 Å². The Balaban J connectivity index is 2.34. The summed E-state index contributed by atoms with van der Waals surface area (Å²) in [6.45, 7) is 2.16. The molecule has 0 aliphatic carbocycles. The summed E-state index contributed by atoms with van der Waals surface area (Å²) in [5.74, 6) is 0.320. The van der Waals surface area contributed by atoms with Crippen molar-refractivity contribution in [2.45, 2.75) is 13.3 Å². The van der Waals surface area contributed by atoms with Gasteiger partial charge >= 0.3 is 0 Å². The Labute approximate surface area is 87.7 Å². The van der Waals surface area contributed by atoms with Crippen LogP contribution in [-0.2, 0) is 6.42 Å². The van der Waals surface area contributed by atoms with Gasteiger partial charge in [0.25, 0.3) is 0 Å². The van der Waals surface area contributed by atoms with Gasteiger partial charge < -0.3 is 5.11 Å². The fourth-order valence-corrected chi connectivity index (χ4v) is 2.34. The van der Waals surface area contributed by atoms with Gasteiger partial charge in [0.15, 0.2) is 0 Å². The minimum atomic E-state index is 0.320. The number of rotatable bonds is 2. The molecule has 0 bridgehead atoms. The number of phenolic OH excluding ortho intramolecular Hbond substituents is 1. The second-order valence-corrected chi connectivity index (χ2v) is 4.13. The summed E-state index contributed by atoms with van der Waals surface area (Å²) in [6, 6.07) is 9.54. The number of aryl methyl sites for hydroxylation is 1. The average Bonchev–Trinajstić information content (AvgIpc) is 2.67. The lowest BCUT2D eigenvalue weighted by Crippen LogP contribution is -1.72. The van der Waals surface area contributed by atoms with Crippen molar-refractivity contribution in [2.75, 3.05) is 0 Å². The zero-order chi connectivity index (χ0) is 9.97. The number of hydrogen-bond donors (Lipinski definition) is 1. The van der Waals surface area contributed by atoms with E-state index in [9.17, 15) is 0 Å². The normalized spacial score (nSPS) is 10.4. The summed E-state index contributed by atoms with van der Waals surface area (Å²) in [6.07, 6.45) is 1.08. The zero-order valence-corrected chi connectivity index (χ0v) is 8.84. The van der Waals surface area contributed by atoms with Crippen LogP contribution in [0.15, 0.2) is 35.7 Å². The number of benzene rings is 1. The second kappa shape index (κ2) is 3.84. The van der Waals surface area contributed by atoms with Crippen LogP contribution in [-0.4, -0.2) is 5.11 Å². The summed E-state index contributed by atoms with van der Waals surface area (Å²) in [7, 11) is 0. The van der Waals surface area contributed by atoms with Crippen LogP contribution < -0.4 is 0 Å². The van der Waals surface area contributed by atoms with Gasteiger partial charge in [-0.15, -0.1) is 11.3 Å². The van der Waals surface area contributed by atoms with Crippen molar-refractivity contribution in [3.8, 4) is 16.2 Å². The van der Waals surface area contributed by atoms with Gasteiger partial charge in [0.2, 0.25) is 0 Å². The van der Waals surface area contributed by atoms with Crippen LogP contribution in [0.2, 0.25) is 0 Å². The van der Waals surface area contributed by atoms with Crippen molar-refractivity contribution >= 4 is 11.3 Å². The molecule has 2 heteroatoms. The predicted molar refractivity (Wildman–Crippen MR) is 60.8 cm³/mol. The van der Waals surface area contributed by atoms with Crippen molar-refractivity contribution in [3.05, 3.63) is 41.3 Å². The van der Waals surface area contributed by atoms with E-state index in [0.717, 1.165) is 6.42 Å². The minimum Gasteiger partial charge on any atom is -0.508 e. The lowest BCUT2D eigenvalue weighted by Gasteiger charge is -1.96. The topological polar surface area (TPSA) is 20.2 Å². The van der Waals surface area contributed by atoms with Crippen molar-refractivity contribution in [3.63, 3.8) is 0 Å². The number of hydrogen-bond acceptors (Lipinski definition) is 2. The van der Waals surface area contributed by atoms with Crippen LogP contribution in [0.4, 0.5) is 0 Å². The Morgan fingerprint density at radius 2 is 1.93 bits per heavy atom. The smallest absolute Gasteiger partial charge is 0.115 e. The molecule has 1 nitrogen and oxygen atoms in total. The minimum absolute atomic E-state index is 0.320. The summed E-state index contributed by atoms with van der Waals surface area (Å²) in [5.41, 5.74) is 2.55. The zero-order valence-electron chi connectivity index (χ0n) is 8.03. The lowest BCUT2D eigenvalue weighted by molar-refractivity contribution is 0.475. The molecule has 0 saturated carbocycles. The molecule has 0 fully saturated rings. The fraction of sp³-hybridized carbons (Fsp3) is 0.167. The largest absolute Gasteiger partial charge is 0.508 e. The van der Waals surface area contributed by atoms with Crippen LogP contribution in [0.1, 0.15) is 12.5 Å². The van der Waals surface area contributed by atoms with Crippen molar-refractivity contribution in [2.24, 2.45) is 0 Å². The molecule has 0 saturated heterocycles. The van der Waals surface area contributed by atoms with E-state index in [0.29, 0.717) is 5.75 Å². The molecule has 0 amide bonds. The summed E-state index contributed by atoms with van der Waals surface area (Å²) >= 11 is 1.75. The SMILES string of the molecule is CCc1csc(-c2ccc(O)cc2)c1. The molecular weight excluding hydrogens is 192 g/mol. The van der Waals surface area contributed by atoms with Gasteiger partial charge in [-0.25, -0.2) is 0 Å². The van der Waals surface area contributed by atoms with Crippen LogP contribution in [0, 0.1) is 0 Å². The molecule has 0 spiro atoms. The highest BCUT2D eigenvalue weighted by atomic mass is 32.1. The van der Waals surface area contributed by atoms with E-state index in [1.807, 2.05) is 12.1 Å². The van der Waals surface area contributed by atoms with Crippen LogP contribution in [0.5, 0.6) is 5.75 Å². The summed E-state index contributed by atoms with van der Waals surface area (Å²) in [4.78, 5) is 1.27. The molecule has 1 heterocycles. The van der Waals surface area contributed by atoms with Crippen molar-refractivity contribution in [1.29, 1.82) is 0 Å². The quantitative estimate of drug-likeness (QED) is 0.791. The van der Waals surface area contributed by atoms with Gasteiger partial charge in [0.1, 0.15) is 5.75 Å². The third-order valence-corrected chi connectivity index (χ3v) is 3.24. The van der Waals surface area contributed by atoms with Gasteiger partial charge in [-0.05, 0) is 53.3 Å². The maximum atomic E-state index is 9.16. The third-order valence-electron chi connectivity index (χ3n) is 2.21. The molecule has 1 aromatic heterocycles. The van der Waals surface area contributed by atoms with E-state index in [4.69, 9.17) is 5.11 Å². The first-order chi connectivity index (χ1) is 6.79. The van der Waals surface area contributed by atoms with E-state index in [2.05, 4.69) is 18.4 Å². The number of phenols is 1. The monoisotopic (exact) mass is 204 g/mol. The van der Waals surface area contributed by atoms with Gasteiger partial charge in [0.05, 0.1) is 0 Å². The second-order valence-electron chi connectivity index (χ2n) is 3.22. The Kier molecular flexibility index (Phi) is 2.55. The molecule has 2 aromatic rings. The molecule has 0 aliphatic rings. The lowest BCUT2D eigenvalue weighted by atomic mass is 10.1. The van der Waals surface area contributed by atoms with E-state index in [1.165, 1.54) is 16.0 Å². The predicted octanol–water partition coefficient (Wildman–Crippen LogP) is 3.68. The molecule has 0 atom stereocenters. The van der Waals surface area contributed by atoms with Crippen LogP contribution >= 0.6 is 11.3 Å². The summed E-state index contributed by atoms with van der Waals surface area (Å²) in [5, 5.41) is 11.3. The molecule has 0 aliphatic heterocycles. The molecule has 0 radical (unpaired) electrons. The highest BCUT2D eigenvalue weighted by Gasteiger charge is 2.01. The molecule has 2 rings (SSSR count). The molecule has 14 heavy (non-hydrogen) atoms. The molecule has 1 aromatic carbocycles. The number of thiophene rings is 1. The van der Waals surface area contributed by atoms with Crippen molar-refractivity contribution < 1.29 is 5.11 Å². The van der Waals surface area contributed by atoms with Crippen molar-refractivity contribution in [1.82, 2.24) is 0 Å². The van der Waals surface area contributed by atoms with E-state index in [-0.39, 0.29) is 0 Å². The van der Waals surface area contributed by atoms with E-state index >= 15 is 0 Å². The molecule has 0 unspecified atom stereocenters. The summed E-state index contributed by atoms with van der Waals surface area (Å²) < 4.78 is 0. The molecular formula is C12H12OS. The first kappa shape index (κ1) is 9.28. The maximum Gasteiger partial charge on any atom is 0.115 e. The number of aromatic hydroxyl groups is 1. The Bertz CT molecular complexity index is 414. The third kappa shape index (κ3) is 1.80. The average molecular weight is 204 g/mol. The highest BCUT2D eigenvalue weighted by Crippen LogP contribution is 2.28. The first-order valence-electron chi connectivity index (χ1n) is 4.66. The Morgan fingerprint density at radius 3 is 2.50 bits per heavy atom. The van der Waals surface area contributed by atoms with Gasteiger partial charge in [-0.2, -0.15) is 0 Å².